The smallest absolute Gasteiger partial charge is 0.408 e. The summed E-state index contributed by atoms with van der Waals surface area (Å²) in [5, 5.41) is 13.1. The second-order valence-electron chi connectivity index (χ2n) is 7.09. The molecule has 2 rings (SSSR count). The molecule has 0 saturated carbocycles. The Labute approximate surface area is 158 Å². The number of hydrogen-bond acceptors (Lipinski definition) is 8. The van der Waals surface area contributed by atoms with Gasteiger partial charge in [0, 0.05) is 0 Å². The Morgan fingerprint density at radius 3 is 2.48 bits per heavy atom. The number of ether oxygens (including phenoxy) is 3. The zero-order chi connectivity index (χ0) is 20.2. The van der Waals surface area contributed by atoms with Crippen LogP contribution in [0.25, 0.3) is 0 Å². The molecule has 0 bridgehead atoms. The van der Waals surface area contributed by atoms with Crippen LogP contribution in [0.15, 0.2) is 18.2 Å². The van der Waals surface area contributed by atoms with Gasteiger partial charge in [0.2, 0.25) is 0 Å². The van der Waals surface area contributed by atoms with Crippen molar-refractivity contribution < 1.29 is 36.7 Å². The lowest BCUT2D eigenvalue weighted by Gasteiger charge is -2.27. The summed E-state index contributed by atoms with van der Waals surface area (Å²) in [4.78, 5) is 12.1. The van der Waals surface area contributed by atoms with E-state index in [2.05, 4.69) is 5.32 Å². The summed E-state index contributed by atoms with van der Waals surface area (Å²) >= 11 is 0. The van der Waals surface area contributed by atoms with Crippen LogP contribution in [0, 0.1) is 0 Å². The van der Waals surface area contributed by atoms with Gasteiger partial charge in [-0.05, 0) is 38.5 Å². The number of fused-ring (bicyclic) bond motifs is 1. The third kappa shape index (κ3) is 6.89. The molecular weight excluding hydrogens is 378 g/mol. The lowest BCUT2D eigenvalue weighted by molar-refractivity contribution is 0.0369. The van der Waals surface area contributed by atoms with Gasteiger partial charge in [0.15, 0.2) is 11.5 Å². The first-order valence-electron chi connectivity index (χ1n) is 8.36. The minimum atomic E-state index is -3.77. The minimum Gasteiger partial charge on any atom is -0.486 e. The summed E-state index contributed by atoms with van der Waals surface area (Å²) in [6, 6.07) is 3.73. The minimum absolute atomic E-state index is 0.378. The zero-order valence-electron chi connectivity index (χ0n) is 15.7. The number of amides is 1. The predicted molar refractivity (Wildman–Crippen MR) is 96.3 cm³/mol. The fraction of sp³-hybridized carbons (Fsp3) is 0.588. The molecule has 10 heteroatoms. The summed E-state index contributed by atoms with van der Waals surface area (Å²) in [5.74, 6) is 0.999. The number of alkyl carbamates (subject to hydrolysis) is 1. The van der Waals surface area contributed by atoms with Gasteiger partial charge in [-0.25, -0.2) is 4.79 Å². The van der Waals surface area contributed by atoms with Crippen molar-refractivity contribution in [1.29, 1.82) is 0 Å². The van der Waals surface area contributed by atoms with Crippen LogP contribution in [0.1, 0.15) is 32.4 Å². The zero-order valence-corrected chi connectivity index (χ0v) is 16.5. The fourth-order valence-corrected chi connectivity index (χ4v) is 2.74. The third-order valence-electron chi connectivity index (χ3n) is 3.45. The van der Waals surface area contributed by atoms with Gasteiger partial charge in [-0.1, -0.05) is 6.07 Å². The summed E-state index contributed by atoms with van der Waals surface area (Å²) in [7, 11) is -3.77. The molecule has 9 nitrogen and oxygen atoms in total. The van der Waals surface area contributed by atoms with Crippen LogP contribution < -0.4 is 14.8 Å². The first-order chi connectivity index (χ1) is 12.4. The van der Waals surface area contributed by atoms with Gasteiger partial charge in [0.05, 0.1) is 18.9 Å². The van der Waals surface area contributed by atoms with E-state index >= 15 is 0 Å². The molecule has 0 radical (unpaired) electrons. The van der Waals surface area contributed by atoms with Crippen LogP contribution in [0.5, 0.6) is 11.5 Å². The second kappa shape index (κ2) is 8.32. The van der Waals surface area contributed by atoms with Gasteiger partial charge in [-0.15, -0.1) is 0 Å². The van der Waals surface area contributed by atoms with Crippen LogP contribution in [0.4, 0.5) is 4.79 Å². The molecule has 1 aliphatic heterocycles. The maximum atomic E-state index is 12.1. The van der Waals surface area contributed by atoms with Gasteiger partial charge < -0.3 is 24.6 Å². The van der Waals surface area contributed by atoms with Crippen molar-refractivity contribution in [2.75, 3.05) is 26.1 Å². The summed E-state index contributed by atoms with van der Waals surface area (Å²) < 4.78 is 43.5. The number of nitrogens with one attached hydrogen (secondary N) is 1. The largest absolute Gasteiger partial charge is 0.486 e. The number of carbonyl (C=O) groups is 1. The summed E-state index contributed by atoms with van der Waals surface area (Å²) in [6.45, 7) is 5.40. The van der Waals surface area contributed by atoms with Crippen molar-refractivity contribution in [3.8, 4) is 11.5 Å². The maximum absolute atomic E-state index is 12.1. The van der Waals surface area contributed by atoms with Gasteiger partial charge in [0.25, 0.3) is 10.1 Å². The number of carbonyl (C=O) groups excluding carboxylic acids is 1. The molecule has 27 heavy (non-hydrogen) atoms. The Morgan fingerprint density at radius 2 is 1.89 bits per heavy atom. The Morgan fingerprint density at radius 1 is 1.26 bits per heavy atom. The van der Waals surface area contributed by atoms with Crippen LogP contribution in [0.2, 0.25) is 0 Å². The highest BCUT2D eigenvalue weighted by Gasteiger charge is 2.28. The number of benzene rings is 1. The molecular formula is C17H25NO8S. The topological polar surface area (TPSA) is 120 Å². The Bertz CT molecular complexity index is 772. The van der Waals surface area contributed by atoms with Crippen LogP contribution in [-0.4, -0.2) is 57.3 Å². The first-order valence-corrected chi connectivity index (χ1v) is 10.2. The highest BCUT2D eigenvalue weighted by atomic mass is 32.2. The molecule has 1 aliphatic rings. The van der Waals surface area contributed by atoms with Gasteiger partial charge >= 0.3 is 6.09 Å². The predicted octanol–water partition coefficient (Wildman–Crippen LogP) is 1.36. The molecule has 1 aromatic rings. The van der Waals surface area contributed by atoms with E-state index in [1.54, 1.807) is 39.0 Å². The standard InChI is InChI=1S/C17H25NO8S/c1-17(2,3)26-16(20)18-12(10-25-27(4,21)22)15(19)11-5-6-13-14(9-11)24-8-7-23-13/h5-6,9,12,15,19H,7-8,10H2,1-4H3,(H,18,20). The van der Waals surface area contributed by atoms with Crippen molar-refractivity contribution in [2.45, 2.75) is 38.5 Å². The van der Waals surface area contributed by atoms with Crippen molar-refractivity contribution in [3.63, 3.8) is 0 Å². The van der Waals surface area contributed by atoms with Gasteiger partial charge in [-0.3, -0.25) is 4.18 Å². The number of aliphatic hydroxyl groups is 1. The van der Waals surface area contributed by atoms with E-state index in [0.717, 1.165) is 6.26 Å². The molecule has 152 valence electrons. The second-order valence-corrected chi connectivity index (χ2v) is 8.73. The SMILES string of the molecule is CC(C)(C)OC(=O)NC(COS(C)(=O)=O)C(O)c1ccc2c(c1)OCCO2. The molecule has 0 aromatic heterocycles. The van der Waals surface area contributed by atoms with Crippen LogP contribution in [-0.2, 0) is 19.0 Å². The molecule has 1 amide bonds. The molecule has 2 atom stereocenters. The quantitative estimate of drug-likeness (QED) is 0.683. The Balaban J connectivity index is 2.18. The molecule has 2 N–H and O–H groups in total. The first kappa shape index (κ1) is 21.3. The summed E-state index contributed by atoms with van der Waals surface area (Å²) in [5.41, 5.74) is -0.355. The highest BCUT2D eigenvalue weighted by Crippen LogP contribution is 2.33. The van der Waals surface area contributed by atoms with E-state index in [1.807, 2.05) is 0 Å². The Hall–Kier alpha value is -2.04. The van der Waals surface area contributed by atoms with Gasteiger partial charge in [0.1, 0.15) is 24.9 Å². The van der Waals surface area contributed by atoms with Crippen LogP contribution in [0.3, 0.4) is 0 Å². The summed E-state index contributed by atoms with van der Waals surface area (Å²) in [6.07, 6.45) is -1.19. The number of hydrogen-bond donors (Lipinski definition) is 2. The molecule has 0 saturated heterocycles. The molecule has 1 heterocycles. The van der Waals surface area contributed by atoms with E-state index in [1.165, 1.54) is 0 Å². The van der Waals surface area contributed by atoms with E-state index in [4.69, 9.17) is 18.4 Å². The molecule has 0 fully saturated rings. The average Bonchev–Trinajstić information content (AvgIpc) is 2.55. The average molecular weight is 403 g/mol. The molecule has 0 spiro atoms. The van der Waals surface area contributed by atoms with E-state index in [9.17, 15) is 18.3 Å². The lowest BCUT2D eigenvalue weighted by atomic mass is 10.0. The molecule has 0 aliphatic carbocycles. The van der Waals surface area contributed by atoms with Crippen molar-refractivity contribution in [1.82, 2.24) is 5.32 Å². The fourth-order valence-electron chi connectivity index (χ4n) is 2.34. The Kier molecular flexibility index (Phi) is 6.55. The van der Waals surface area contributed by atoms with E-state index in [0.29, 0.717) is 30.3 Å². The van der Waals surface area contributed by atoms with Gasteiger partial charge in [-0.2, -0.15) is 8.42 Å². The third-order valence-corrected chi connectivity index (χ3v) is 4.02. The van der Waals surface area contributed by atoms with Crippen LogP contribution >= 0.6 is 0 Å². The van der Waals surface area contributed by atoms with Crippen molar-refractivity contribution in [2.24, 2.45) is 0 Å². The molecule has 1 aromatic carbocycles. The van der Waals surface area contributed by atoms with E-state index < -0.39 is 40.6 Å². The molecule has 2 unspecified atom stereocenters. The van der Waals surface area contributed by atoms with Crippen molar-refractivity contribution in [3.05, 3.63) is 23.8 Å². The highest BCUT2D eigenvalue weighted by molar-refractivity contribution is 7.85. The monoisotopic (exact) mass is 403 g/mol. The van der Waals surface area contributed by atoms with E-state index in [-0.39, 0.29) is 0 Å². The normalized spacial score (nSPS) is 16.3. The number of aliphatic hydroxyl groups excluding tert-OH is 1. The van der Waals surface area contributed by atoms with Crippen molar-refractivity contribution >= 4 is 16.2 Å². The number of rotatable bonds is 6. The lowest BCUT2D eigenvalue weighted by Crippen LogP contribution is -2.45. The maximum Gasteiger partial charge on any atom is 0.408 e.